The molecule has 0 bridgehead atoms. The largest absolute Gasteiger partial charge is 0.493 e. The normalized spacial score (nSPS) is 21.0. The number of halogens is 1. The minimum atomic E-state index is -3.42. The molecule has 0 radical (unpaired) electrons. The number of carbonyl (C=O) groups is 1. The molecule has 0 aromatic heterocycles. The van der Waals surface area contributed by atoms with Crippen molar-refractivity contribution in [3.05, 3.63) is 29.6 Å². The van der Waals surface area contributed by atoms with E-state index in [2.05, 4.69) is 5.32 Å². The van der Waals surface area contributed by atoms with Gasteiger partial charge in [0, 0.05) is 20.0 Å². The molecule has 2 atom stereocenters. The third-order valence-corrected chi connectivity index (χ3v) is 5.87. The summed E-state index contributed by atoms with van der Waals surface area (Å²) in [6, 6.07) is 3.57. The number of nitrogens with one attached hydrogen (secondary N) is 1. The van der Waals surface area contributed by atoms with Gasteiger partial charge in [-0.2, -0.15) is 0 Å². The Hall–Kier alpha value is -1.71. The summed E-state index contributed by atoms with van der Waals surface area (Å²) in [5, 5.41) is 2.72. The molecule has 2 rings (SSSR count). The number of hydrogen-bond donors (Lipinski definition) is 1. The summed E-state index contributed by atoms with van der Waals surface area (Å²) in [6.45, 7) is 0.440. The zero-order valence-electron chi connectivity index (χ0n) is 13.8. The maximum Gasteiger partial charge on any atom is 0.255 e. The van der Waals surface area contributed by atoms with Gasteiger partial charge in [0.15, 0.2) is 11.6 Å². The molecule has 0 aliphatic carbocycles. The molecule has 7 nitrogen and oxygen atoms in total. The molecule has 1 heterocycles. The Morgan fingerprint density at radius 2 is 2.12 bits per heavy atom. The van der Waals surface area contributed by atoms with Crippen molar-refractivity contribution in [1.29, 1.82) is 0 Å². The average molecular weight is 360 g/mol. The highest BCUT2D eigenvalue weighted by Crippen LogP contribution is 2.23. The molecule has 1 aliphatic rings. The lowest BCUT2D eigenvalue weighted by Gasteiger charge is -2.21. The van der Waals surface area contributed by atoms with Gasteiger partial charge in [-0.3, -0.25) is 4.79 Å². The topological polar surface area (TPSA) is 84.9 Å². The first-order chi connectivity index (χ1) is 11.3. The van der Waals surface area contributed by atoms with Crippen LogP contribution in [0, 0.1) is 11.7 Å². The Morgan fingerprint density at radius 1 is 1.42 bits per heavy atom. The van der Waals surface area contributed by atoms with Gasteiger partial charge in [-0.05, 0) is 12.1 Å². The molecular formula is C15H21FN2O5S. The van der Waals surface area contributed by atoms with Crippen molar-refractivity contribution in [2.45, 2.75) is 6.04 Å². The van der Waals surface area contributed by atoms with Crippen molar-refractivity contribution >= 4 is 15.9 Å². The van der Waals surface area contributed by atoms with Gasteiger partial charge in [0.05, 0.1) is 37.7 Å². The Balaban J connectivity index is 2.12. The molecule has 1 N–H and O–H groups in total. The summed E-state index contributed by atoms with van der Waals surface area (Å²) in [5.41, 5.74) is 0.0543. The SMILES string of the molecule is COc1c(F)cccc1C(=O)N[C@H]1COC[C@H]1CS(=O)(=O)N(C)C. The summed E-state index contributed by atoms with van der Waals surface area (Å²) in [6.07, 6.45) is 0. The molecule has 1 fully saturated rings. The van der Waals surface area contributed by atoms with Crippen molar-refractivity contribution in [2.24, 2.45) is 5.92 Å². The Kier molecular flexibility index (Phi) is 5.79. The van der Waals surface area contributed by atoms with Gasteiger partial charge in [-0.1, -0.05) is 6.07 Å². The molecule has 1 aromatic rings. The van der Waals surface area contributed by atoms with Crippen LogP contribution in [-0.2, 0) is 14.8 Å². The van der Waals surface area contributed by atoms with E-state index in [1.807, 2.05) is 0 Å². The summed E-state index contributed by atoms with van der Waals surface area (Å²) in [5.74, 6) is -1.83. The maximum atomic E-state index is 13.7. The van der Waals surface area contributed by atoms with Gasteiger partial charge in [0.25, 0.3) is 5.91 Å². The fourth-order valence-electron chi connectivity index (χ4n) is 2.48. The number of sulfonamides is 1. The van der Waals surface area contributed by atoms with Crippen LogP contribution in [0.2, 0.25) is 0 Å². The van der Waals surface area contributed by atoms with Gasteiger partial charge >= 0.3 is 0 Å². The van der Waals surface area contributed by atoms with Crippen LogP contribution in [0.1, 0.15) is 10.4 Å². The second kappa shape index (κ2) is 7.45. The highest BCUT2D eigenvalue weighted by molar-refractivity contribution is 7.89. The molecule has 134 valence electrons. The van der Waals surface area contributed by atoms with E-state index in [1.54, 1.807) is 0 Å². The van der Waals surface area contributed by atoms with Gasteiger partial charge in [0.1, 0.15) is 0 Å². The number of amides is 1. The lowest BCUT2D eigenvalue weighted by Crippen LogP contribution is -2.43. The van der Waals surface area contributed by atoms with Crippen LogP contribution in [-0.4, -0.2) is 64.8 Å². The van der Waals surface area contributed by atoms with E-state index < -0.39 is 27.8 Å². The number of hydrogen-bond acceptors (Lipinski definition) is 5. The Bertz CT molecular complexity index is 708. The highest BCUT2D eigenvalue weighted by Gasteiger charge is 2.34. The fraction of sp³-hybridized carbons (Fsp3) is 0.533. The number of methoxy groups -OCH3 is 1. The van der Waals surface area contributed by atoms with E-state index in [1.165, 1.54) is 39.4 Å². The predicted octanol–water partition coefficient (Wildman–Crippen LogP) is 0.471. The molecule has 1 aromatic carbocycles. The van der Waals surface area contributed by atoms with Crippen LogP contribution in [0.4, 0.5) is 4.39 Å². The molecule has 9 heteroatoms. The Labute approximate surface area is 140 Å². The third-order valence-electron chi connectivity index (χ3n) is 3.91. The summed E-state index contributed by atoms with van der Waals surface area (Å²) in [7, 11) is 0.770. The highest BCUT2D eigenvalue weighted by atomic mass is 32.2. The first-order valence-corrected chi connectivity index (χ1v) is 8.98. The minimum absolute atomic E-state index is 0.0543. The van der Waals surface area contributed by atoms with Crippen molar-refractivity contribution in [3.8, 4) is 5.75 Å². The molecular weight excluding hydrogens is 339 g/mol. The Morgan fingerprint density at radius 3 is 2.75 bits per heavy atom. The fourth-order valence-corrected chi connectivity index (χ4v) is 3.65. The van der Waals surface area contributed by atoms with Crippen molar-refractivity contribution in [1.82, 2.24) is 9.62 Å². The molecule has 0 saturated carbocycles. The van der Waals surface area contributed by atoms with Gasteiger partial charge < -0.3 is 14.8 Å². The van der Waals surface area contributed by atoms with E-state index >= 15 is 0 Å². The number of nitrogens with zero attached hydrogens (tertiary/aromatic N) is 1. The van der Waals surface area contributed by atoms with Crippen molar-refractivity contribution < 1.29 is 27.1 Å². The molecule has 1 amide bonds. The first-order valence-electron chi connectivity index (χ1n) is 7.37. The molecule has 0 spiro atoms. The maximum absolute atomic E-state index is 13.7. The summed E-state index contributed by atoms with van der Waals surface area (Å²) in [4.78, 5) is 12.4. The first kappa shape index (κ1) is 18.6. The quantitative estimate of drug-likeness (QED) is 0.797. The summed E-state index contributed by atoms with van der Waals surface area (Å²) >= 11 is 0. The smallest absolute Gasteiger partial charge is 0.255 e. The van der Waals surface area contributed by atoms with Crippen LogP contribution in [0.3, 0.4) is 0 Å². The monoisotopic (exact) mass is 360 g/mol. The third kappa shape index (κ3) is 4.03. The van der Waals surface area contributed by atoms with E-state index in [0.29, 0.717) is 0 Å². The van der Waals surface area contributed by atoms with Crippen LogP contribution in [0.5, 0.6) is 5.75 Å². The molecule has 0 unspecified atom stereocenters. The predicted molar refractivity (Wildman–Crippen MR) is 86.0 cm³/mol. The lowest BCUT2D eigenvalue weighted by atomic mass is 10.1. The van der Waals surface area contributed by atoms with E-state index in [0.717, 1.165) is 4.31 Å². The number of ether oxygens (including phenoxy) is 2. The van der Waals surface area contributed by atoms with Gasteiger partial charge in [0.2, 0.25) is 10.0 Å². The van der Waals surface area contributed by atoms with E-state index in [-0.39, 0.29) is 36.2 Å². The standard InChI is InChI=1S/C15H21FN2O5S/c1-18(2)24(20,21)9-10-7-23-8-13(10)17-15(19)11-5-4-6-12(16)14(11)22-3/h4-6,10,13H,7-9H2,1-3H3,(H,17,19)/t10-,13-/m0/s1. The van der Waals surface area contributed by atoms with Crippen molar-refractivity contribution in [2.75, 3.05) is 40.2 Å². The number of rotatable bonds is 6. The van der Waals surface area contributed by atoms with Crippen LogP contribution >= 0.6 is 0 Å². The number of benzene rings is 1. The summed E-state index contributed by atoms with van der Waals surface area (Å²) < 4.78 is 49.1. The van der Waals surface area contributed by atoms with Crippen LogP contribution in [0.25, 0.3) is 0 Å². The number of para-hydroxylation sites is 1. The van der Waals surface area contributed by atoms with Crippen LogP contribution < -0.4 is 10.1 Å². The molecule has 1 saturated heterocycles. The second-order valence-electron chi connectivity index (χ2n) is 5.76. The lowest BCUT2D eigenvalue weighted by molar-refractivity contribution is 0.0922. The second-order valence-corrected chi connectivity index (χ2v) is 7.99. The van der Waals surface area contributed by atoms with Gasteiger partial charge in [-0.15, -0.1) is 0 Å². The average Bonchev–Trinajstić information content (AvgIpc) is 2.93. The number of carbonyl (C=O) groups excluding carboxylic acids is 1. The zero-order chi connectivity index (χ0) is 17.9. The van der Waals surface area contributed by atoms with E-state index in [4.69, 9.17) is 9.47 Å². The molecule has 1 aliphatic heterocycles. The minimum Gasteiger partial charge on any atom is -0.493 e. The van der Waals surface area contributed by atoms with E-state index in [9.17, 15) is 17.6 Å². The van der Waals surface area contributed by atoms with Crippen molar-refractivity contribution in [3.63, 3.8) is 0 Å². The zero-order valence-corrected chi connectivity index (χ0v) is 14.6. The van der Waals surface area contributed by atoms with Crippen LogP contribution in [0.15, 0.2) is 18.2 Å². The van der Waals surface area contributed by atoms with Gasteiger partial charge in [-0.25, -0.2) is 17.1 Å². The molecule has 24 heavy (non-hydrogen) atoms.